The van der Waals surface area contributed by atoms with Gasteiger partial charge in [0.2, 0.25) is 0 Å². The van der Waals surface area contributed by atoms with Gasteiger partial charge in [-0.2, -0.15) is 5.26 Å². The zero-order chi connectivity index (χ0) is 17.2. The van der Waals surface area contributed by atoms with Crippen molar-refractivity contribution in [2.24, 2.45) is 0 Å². The lowest BCUT2D eigenvalue weighted by atomic mass is 10.1. The minimum atomic E-state index is -0.469. The third-order valence-corrected chi connectivity index (χ3v) is 3.14. The summed E-state index contributed by atoms with van der Waals surface area (Å²) >= 11 is 0. The number of nitrogens with zero attached hydrogens (tertiary/aromatic N) is 1. The molecule has 2 rings (SSSR count). The summed E-state index contributed by atoms with van der Waals surface area (Å²) in [5.74, 6) is 5.87. The van der Waals surface area contributed by atoms with Crippen molar-refractivity contribution >= 4 is 11.8 Å². The van der Waals surface area contributed by atoms with Crippen molar-refractivity contribution < 1.29 is 9.53 Å². The van der Waals surface area contributed by atoms with E-state index in [0.717, 1.165) is 11.1 Å². The monoisotopic (exact) mass is 319 g/mol. The first-order valence-electron chi connectivity index (χ1n) is 7.42. The summed E-state index contributed by atoms with van der Waals surface area (Å²) in [5, 5.41) is 11.4. The average Bonchev–Trinajstić information content (AvgIpc) is 2.61. The fourth-order valence-corrected chi connectivity index (χ4v) is 1.91. The van der Waals surface area contributed by atoms with Crippen molar-refractivity contribution in [3.63, 3.8) is 0 Å². The van der Waals surface area contributed by atoms with Crippen molar-refractivity contribution in [3.05, 3.63) is 65.2 Å². The van der Waals surface area contributed by atoms with E-state index >= 15 is 0 Å². The predicted octanol–water partition coefficient (Wildman–Crippen LogP) is 2.81. The van der Waals surface area contributed by atoms with E-state index < -0.39 is 6.09 Å². The third kappa shape index (κ3) is 5.40. The van der Waals surface area contributed by atoms with Gasteiger partial charge in [0.25, 0.3) is 0 Å². The highest BCUT2D eigenvalue weighted by Gasteiger charge is 2.01. The molecule has 1 amide bonds. The van der Waals surface area contributed by atoms with Gasteiger partial charge in [0.1, 0.15) is 12.7 Å². The first kappa shape index (κ1) is 16.9. The molecule has 24 heavy (non-hydrogen) atoms. The van der Waals surface area contributed by atoms with Crippen LogP contribution in [-0.4, -0.2) is 12.6 Å². The molecule has 0 heterocycles. The molecule has 0 unspecified atom stereocenters. The highest BCUT2D eigenvalue weighted by atomic mass is 16.5. The molecule has 0 aliphatic rings. The SMILES string of the molecule is N#Cc1ccc(C#CCCNC(=O)OCc2ccccc2)cc1N. The molecule has 0 aliphatic carbocycles. The largest absolute Gasteiger partial charge is 0.445 e. The molecule has 2 aromatic rings. The molecule has 0 aliphatic heterocycles. The van der Waals surface area contributed by atoms with E-state index in [0.29, 0.717) is 24.2 Å². The lowest BCUT2D eigenvalue weighted by molar-refractivity contribution is 0.140. The number of rotatable bonds is 4. The van der Waals surface area contributed by atoms with Crippen LogP contribution in [-0.2, 0) is 11.3 Å². The number of anilines is 1. The third-order valence-electron chi connectivity index (χ3n) is 3.14. The molecule has 0 atom stereocenters. The number of nitrogen functional groups attached to an aromatic ring is 1. The van der Waals surface area contributed by atoms with Gasteiger partial charge in [0.15, 0.2) is 0 Å². The van der Waals surface area contributed by atoms with E-state index in [9.17, 15) is 4.79 Å². The van der Waals surface area contributed by atoms with E-state index in [1.54, 1.807) is 18.2 Å². The number of alkyl carbamates (subject to hydrolysis) is 1. The number of nitrogens with two attached hydrogens (primary N) is 1. The van der Waals surface area contributed by atoms with Crippen LogP contribution in [0.15, 0.2) is 48.5 Å². The van der Waals surface area contributed by atoms with Gasteiger partial charge in [-0.3, -0.25) is 0 Å². The second-order valence-corrected chi connectivity index (χ2v) is 4.95. The van der Waals surface area contributed by atoms with Crippen LogP contribution in [0.4, 0.5) is 10.5 Å². The van der Waals surface area contributed by atoms with E-state index in [4.69, 9.17) is 15.7 Å². The molecule has 0 saturated carbocycles. The number of nitrogens with one attached hydrogen (secondary N) is 1. The second kappa shape index (κ2) is 8.87. The number of nitriles is 1. The Labute approximate surface area is 141 Å². The first-order chi connectivity index (χ1) is 11.7. The molecule has 0 saturated heterocycles. The van der Waals surface area contributed by atoms with Gasteiger partial charge in [-0.1, -0.05) is 42.2 Å². The van der Waals surface area contributed by atoms with Crippen LogP contribution >= 0.6 is 0 Å². The van der Waals surface area contributed by atoms with Gasteiger partial charge >= 0.3 is 6.09 Å². The van der Waals surface area contributed by atoms with E-state index in [-0.39, 0.29) is 6.61 Å². The number of carbonyl (C=O) groups is 1. The summed E-state index contributed by atoms with van der Waals surface area (Å²) in [6.45, 7) is 0.634. The minimum absolute atomic E-state index is 0.239. The van der Waals surface area contributed by atoms with Crippen LogP contribution in [0, 0.1) is 23.2 Å². The number of hydrogen-bond acceptors (Lipinski definition) is 4. The molecule has 0 spiro atoms. The Kier molecular flexibility index (Phi) is 6.25. The molecule has 0 bridgehead atoms. The standard InChI is InChI=1S/C19H17N3O2/c20-13-17-10-9-15(12-18(17)21)6-4-5-11-22-19(23)24-14-16-7-2-1-3-8-16/h1-3,7-10,12H,5,11,14,21H2,(H,22,23). The Hall–Kier alpha value is -3.44. The molecule has 0 radical (unpaired) electrons. The first-order valence-corrected chi connectivity index (χ1v) is 7.42. The quantitative estimate of drug-likeness (QED) is 0.515. The molecular formula is C19H17N3O2. The predicted molar refractivity (Wildman–Crippen MR) is 91.7 cm³/mol. The van der Waals surface area contributed by atoms with Gasteiger partial charge in [0.05, 0.1) is 11.3 Å². The minimum Gasteiger partial charge on any atom is -0.445 e. The summed E-state index contributed by atoms with van der Waals surface area (Å²) in [6.07, 6.45) is 0.0173. The van der Waals surface area contributed by atoms with Crippen molar-refractivity contribution in [1.29, 1.82) is 5.26 Å². The number of hydrogen-bond donors (Lipinski definition) is 2. The summed E-state index contributed by atoms with van der Waals surface area (Å²) in [4.78, 5) is 11.5. The normalized spacial score (nSPS) is 9.29. The molecular weight excluding hydrogens is 302 g/mol. The van der Waals surface area contributed by atoms with Crippen molar-refractivity contribution in [1.82, 2.24) is 5.32 Å². The molecule has 2 aromatic carbocycles. The molecule has 0 fully saturated rings. The number of amides is 1. The Morgan fingerprint density at radius 3 is 2.71 bits per heavy atom. The van der Waals surface area contributed by atoms with Crippen LogP contribution in [0.3, 0.4) is 0 Å². The lowest BCUT2D eigenvalue weighted by Gasteiger charge is -2.05. The zero-order valence-electron chi connectivity index (χ0n) is 13.1. The highest BCUT2D eigenvalue weighted by Crippen LogP contribution is 2.12. The summed E-state index contributed by atoms with van der Waals surface area (Å²) in [7, 11) is 0. The van der Waals surface area contributed by atoms with Crippen LogP contribution < -0.4 is 11.1 Å². The number of benzene rings is 2. The van der Waals surface area contributed by atoms with E-state index in [1.807, 2.05) is 36.4 Å². The van der Waals surface area contributed by atoms with Crippen molar-refractivity contribution in [3.8, 4) is 17.9 Å². The smallest absolute Gasteiger partial charge is 0.407 e. The zero-order valence-corrected chi connectivity index (χ0v) is 13.1. The summed E-state index contributed by atoms with van der Waals surface area (Å²) in [5.41, 5.74) is 8.23. The fraction of sp³-hybridized carbons (Fsp3) is 0.158. The van der Waals surface area contributed by atoms with Crippen LogP contribution in [0.25, 0.3) is 0 Å². The van der Waals surface area contributed by atoms with Crippen molar-refractivity contribution in [2.45, 2.75) is 13.0 Å². The topological polar surface area (TPSA) is 88.1 Å². The van der Waals surface area contributed by atoms with Gasteiger partial charge < -0.3 is 15.8 Å². The Balaban J connectivity index is 1.70. The summed E-state index contributed by atoms with van der Waals surface area (Å²) in [6, 6.07) is 16.5. The Bertz CT molecular complexity index is 799. The Morgan fingerprint density at radius 2 is 2.00 bits per heavy atom. The van der Waals surface area contributed by atoms with Crippen LogP contribution in [0.1, 0.15) is 23.1 Å². The maximum atomic E-state index is 11.5. The maximum Gasteiger partial charge on any atom is 0.407 e. The number of ether oxygens (including phenoxy) is 1. The van der Waals surface area contributed by atoms with E-state index in [2.05, 4.69) is 17.2 Å². The molecule has 120 valence electrons. The van der Waals surface area contributed by atoms with Gasteiger partial charge in [-0.05, 0) is 23.8 Å². The molecule has 5 heteroatoms. The molecule has 3 N–H and O–H groups in total. The molecule has 5 nitrogen and oxygen atoms in total. The number of carbonyl (C=O) groups excluding carboxylic acids is 1. The van der Waals surface area contributed by atoms with Crippen molar-refractivity contribution in [2.75, 3.05) is 12.3 Å². The van der Waals surface area contributed by atoms with Gasteiger partial charge in [-0.25, -0.2) is 4.79 Å². The second-order valence-electron chi connectivity index (χ2n) is 4.95. The lowest BCUT2D eigenvalue weighted by Crippen LogP contribution is -2.24. The molecule has 0 aromatic heterocycles. The maximum absolute atomic E-state index is 11.5. The Morgan fingerprint density at radius 1 is 1.21 bits per heavy atom. The van der Waals surface area contributed by atoms with Gasteiger partial charge in [0, 0.05) is 18.5 Å². The van der Waals surface area contributed by atoms with Crippen LogP contribution in [0.5, 0.6) is 0 Å². The fourth-order valence-electron chi connectivity index (χ4n) is 1.91. The van der Waals surface area contributed by atoms with E-state index in [1.165, 1.54) is 0 Å². The van der Waals surface area contributed by atoms with Crippen LogP contribution in [0.2, 0.25) is 0 Å². The highest BCUT2D eigenvalue weighted by molar-refractivity contribution is 5.67. The summed E-state index contributed by atoms with van der Waals surface area (Å²) < 4.78 is 5.09. The van der Waals surface area contributed by atoms with Gasteiger partial charge in [-0.15, -0.1) is 0 Å². The average molecular weight is 319 g/mol.